The summed E-state index contributed by atoms with van der Waals surface area (Å²) in [6, 6.07) is 10.5. The molecule has 1 aromatic carbocycles. The maximum absolute atomic E-state index is 12.1. The Labute approximate surface area is 184 Å². The molecule has 3 saturated heterocycles. The molecule has 28 heavy (non-hydrogen) atoms. The number of ether oxygens (including phenoxy) is 1. The van der Waals surface area contributed by atoms with Gasteiger partial charge >= 0.3 is 0 Å². The lowest BCUT2D eigenvalue weighted by atomic mass is 9.82. The van der Waals surface area contributed by atoms with Crippen molar-refractivity contribution in [3.63, 3.8) is 0 Å². The molecule has 6 nitrogen and oxygen atoms in total. The molecule has 7 heteroatoms. The monoisotopic (exact) mass is 498 g/mol. The van der Waals surface area contributed by atoms with E-state index in [2.05, 4.69) is 46.4 Å². The standard InChI is InChI=1S/C21H30N4O2.HI/c1-14(15-7-5-4-6-8-15)23-21(22-11-20(26)24(2)3)25-12-16-17(13-25)19-10-9-18(16)27-19;/h4-8,14,16-19H,9-13H2,1-3H3,(H,22,23);1H. The number of guanidine groups is 1. The smallest absolute Gasteiger partial charge is 0.243 e. The quantitative estimate of drug-likeness (QED) is 0.394. The lowest BCUT2D eigenvalue weighted by Crippen LogP contribution is -2.43. The van der Waals surface area contributed by atoms with Crippen molar-refractivity contribution in [3.05, 3.63) is 35.9 Å². The molecule has 1 amide bonds. The van der Waals surface area contributed by atoms with Crippen LogP contribution >= 0.6 is 24.0 Å². The van der Waals surface area contributed by atoms with Crippen molar-refractivity contribution in [1.82, 2.24) is 15.1 Å². The lowest BCUT2D eigenvalue weighted by molar-refractivity contribution is -0.127. The van der Waals surface area contributed by atoms with Gasteiger partial charge in [-0.3, -0.25) is 4.79 Å². The van der Waals surface area contributed by atoms with E-state index < -0.39 is 0 Å². The number of rotatable bonds is 4. The second kappa shape index (κ2) is 8.98. The maximum Gasteiger partial charge on any atom is 0.243 e. The summed E-state index contributed by atoms with van der Waals surface area (Å²) in [5.41, 5.74) is 1.21. The average Bonchev–Trinajstić information content (AvgIpc) is 3.38. The first-order valence-electron chi connectivity index (χ1n) is 9.99. The first-order valence-corrected chi connectivity index (χ1v) is 9.99. The second-order valence-electron chi connectivity index (χ2n) is 8.23. The van der Waals surface area contributed by atoms with Gasteiger partial charge in [0.15, 0.2) is 5.96 Å². The summed E-state index contributed by atoms with van der Waals surface area (Å²) in [6.07, 6.45) is 3.22. The third-order valence-corrected chi connectivity index (χ3v) is 6.26. The number of halogens is 1. The van der Waals surface area contributed by atoms with Crippen molar-refractivity contribution >= 4 is 35.8 Å². The Hall–Kier alpha value is -1.35. The van der Waals surface area contributed by atoms with Gasteiger partial charge in [-0.25, -0.2) is 4.99 Å². The van der Waals surface area contributed by atoms with Gasteiger partial charge in [0.25, 0.3) is 0 Å². The third kappa shape index (κ3) is 4.30. The van der Waals surface area contributed by atoms with E-state index in [1.165, 1.54) is 18.4 Å². The van der Waals surface area contributed by atoms with Gasteiger partial charge in [0, 0.05) is 39.0 Å². The van der Waals surface area contributed by atoms with E-state index in [0.29, 0.717) is 24.0 Å². The molecule has 0 radical (unpaired) electrons. The molecule has 3 fully saturated rings. The number of hydrogen-bond donors (Lipinski definition) is 1. The molecule has 0 spiro atoms. The van der Waals surface area contributed by atoms with Gasteiger partial charge in [-0.15, -0.1) is 24.0 Å². The van der Waals surface area contributed by atoms with Crippen molar-refractivity contribution in [1.29, 1.82) is 0 Å². The number of carbonyl (C=O) groups is 1. The predicted octanol–water partition coefficient (Wildman–Crippen LogP) is 2.51. The molecule has 0 aromatic heterocycles. The van der Waals surface area contributed by atoms with Gasteiger partial charge in [0.1, 0.15) is 6.54 Å². The molecular weight excluding hydrogens is 467 g/mol. The van der Waals surface area contributed by atoms with Crippen LogP contribution in [0, 0.1) is 11.8 Å². The van der Waals surface area contributed by atoms with Crippen molar-refractivity contribution in [2.45, 2.75) is 38.0 Å². The van der Waals surface area contributed by atoms with E-state index in [1.807, 2.05) is 6.07 Å². The summed E-state index contributed by atoms with van der Waals surface area (Å²) >= 11 is 0. The van der Waals surface area contributed by atoms with Crippen LogP contribution in [0.4, 0.5) is 0 Å². The van der Waals surface area contributed by atoms with E-state index in [9.17, 15) is 4.79 Å². The molecule has 1 aromatic rings. The molecule has 3 heterocycles. The number of nitrogens with one attached hydrogen (secondary N) is 1. The van der Waals surface area contributed by atoms with E-state index in [4.69, 9.17) is 4.74 Å². The number of amides is 1. The number of likely N-dealkylation sites (N-methyl/N-ethyl adjacent to an activating group) is 1. The minimum absolute atomic E-state index is 0. The van der Waals surface area contributed by atoms with Crippen LogP contribution in [0.3, 0.4) is 0 Å². The molecule has 0 aliphatic carbocycles. The highest BCUT2D eigenvalue weighted by Crippen LogP contribution is 2.47. The number of carbonyl (C=O) groups excluding carboxylic acids is 1. The molecule has 154 valence electrons. The molecule has 1 N–H and O–H groups in total. The zero-order chi connectivity index (χ0) is 19.0. The molecule has 3 aliphatic rings. The Morgan fingerprint density at radius 2 is 1.82 bits per heavy atom. The summed E-state index contributed by atoms with van der Waals surface area (Å²) in [7, 11) is 3.54. The van der Waals surface area contributed by atoms with Crippen LogP contribution in [0.1, 0.15) is 31.4 Å². The van der Waals surface area contributed by atoms with Gasteiger partial charge in [0.2, 0.25) is 5.91 Å². The number of fused-ring (bicyclic) bond motifs is 5. The van der Waals surface area contributed by atoms with E-state index in [1.54, 1.807) is 19.0 Å². The molecule has 5 atom stereocenters. The largest absolute Gasteiger partial charge is 0.374 e. The Balaban J connectivity index is 0.00000225. The Bertz CT molecular complexity index is 694. The van der Waals surface area contributed by atoms with Crippen LogP contribution in [0.15, 0.2) is 35.3 Å². The number of nitrogens with zero attached hydrogens (tertiary/aromatic N) is 3. The van der Waals surface area contributed by atoms with Crippen molar-refractivity contribution in [3.8, 4) is 0 Å². The lowest BCUT2D eigenvalue weighted by Gasteiger charge is -2.27. The Morgan fingerprint density at radius 3 is 2.39 bits per heavy atom. The van der Waals surface area contributed by atoms with Crippen LogP contribution in [-0.4, -0.2) is 67.6 Å². The minimum Gasteiger partial charge on any atom is -0.374 e. The molecule has 4 rings (SSSR count). The van der Waals surface area contributed by atoms with E-state index in [-0.39, 0.29) is 42.5 Å². The number of aliphatic imine (C=N–C) groups is 1. The van der Waals surface area contributed by atoms with Gasteiger partial charge in [-0.1, -0.05) is 30.3 Å². The van der Waals surface area contributed by atoms with Gasteiger partial charge in [-0.05, 0) is 25.3 Å². The Kier molecular flexibility index (Phi) is 6.85. The molecule has 5 unspecified atom stereocenters. The summed E-state index contributed by atoms with van der Waals surface area (Å²) < 4.78 is 6.10. The van der Waals surface area contributed by atoms with Gasteiger partial charge in [0.05, 0.1) is 18.2 Å². The van der Waals surface area contributed by atoms with Gasteiger partial charge in [-0.2, -0.15) is 0 Å². The van der Waals surface area contributed by atoms with Crippen molar-refractivity contribution < 1.29 is 9.53 Å². The molecule has 3 aliphatic heterocycles. The fourth-order valence-corrected chi connectivity index (χ4v) is 4.67. The fourth-order valence-electron chi connectivity index (χ4n) is 4.67. The molecular formula is C21H31IN4O2. The van der Waals surface area contributed by atoms with Gasteiger partial charge < -0.3 is 19.9 Å². The number of hydrogen-bond acceptors (Lipinski definition) is 3. The highest BCUT2D eigenvalue weighted by Gasteiger charge is 2.53. The van der Waals surface area contributed by atoms with Crippen LogP contribution < -0.4 is 5.32 Å². The topological polar surface area (TPSA) is 57.2 Å². The second-order valence-corrected chi connectivity index (χ2v) is 8.23. The summed E-state index contributed by atoms with van der Waals surface area (Å²) in [6.45, 7) is 4.25. The van der Waals surface area contributed by atoms with Crippen LogP contribution in [0.5, 0.6) is 0 Å². The predicted molar refractivity (Wildman–Crippen MR) is 121 cm³/mol. The fraction of sp³-hybridized carbons (Fsp3) is 0.619. The zero-order valence-corrected chi connectivity index (χ0v) is 19.2. The highest BCUT2D eigenvalue weighted by atomic mass is 127. The number of benzene rings is 1. The first-order chi connectivity index (χ1) is 13.0. The summed E-state index contributed by atoms with van der Waals surface area (Å²) in [5.74, 6) is 2.07. The SMILES string of the molecule is CC(NC(=NCC(=O)N(C)C)N1CC2C3CCC(O3)C2C1)c1ccccc1.I. The molecule has 2 bridgehead atoms. The Morgan fingerprint density at radius 1 is 1.21 bits per heavy atom. The summed E-state index contributed by atoms with van der Waals surface area (Å²) in [5, 5.41) is 3.57. The minimum atomic E-state index is 0. The first kappa shape index (κ1) is 21.4. The maximum atomic E-state index is 12.1. The normalized spacial score (nSPS) is 29.2. The zero-order valence-electron chi connectivity index (χ0n) is 16.9. The van der Waals surface area contributed by atoms with E-state index >= 15 is 0 Å². The van der Waals surface area contributed by atoms with E-state index in [0.717, 1.165) is 19.0 Å². The average molecular weight is 498 g/mol. The third-order valence-electron chi connectivity index (χ3n) is 6.26. The van der Waals surface area contributed by atoms with Crippen LogP contribution in [0.25, 0.3) is 0 Å². The van der Waals surface area contributed by atoms with Crippen molar-refractivity contribution in [2.24, 2.45) is 16.8 Å². The highest BCUT2D eigenvalue weighted by molar-refractivity contribution is 14.0. The number of likely N-dealkylation sites (tertiary alicyclic amines) is 1. The van der Waals surface area contributed by atoms with Crippen LogP contribution in [-0.2, 0) is 9.53 Å². The summed E-state index contributed by atoms with van der Waals surface area (Å²) in [4.78, 5) is 20.7. The van der Waals surface area contributed by atoms with Crippen molar-refractivity contribution in [2.75, 3.05) is 33.7 Å². The molecule has 0 saturated carbocycles. The van der Waals surface area contributed by atoms with Crippen LogP contribution in [0.2, 0.25) is 0 Å².